The first kappa shape index (κ1) is 20.1. The van der Waals surface area contributed by atoms with E-state index in [4.69, 9.17) is 21.6 Å². The minimum absolute atomic E-state index is 0.0472. The highest BCUT2D eigenvalue weighted by Gasteiger charge is 2.24. The zero-order valence-electron chi connectivity index (χ0n) is 16.0. The van der Waals surface area contributed by atoms with Crippen LogP contribution in [-0.4, -0.2) is 28.0 Å². The van der Waals surface area contributed by atoms with Crippen molar-refractivity contribution in [2.24, 2.45) is 0 Å². The van der Waals surface area contributed by atoms with Crippen molar-refractivity contribution in [1.82, 2.24) is 15.3 Å². The van der Waals surface area contributed by atoms with Crippen LogP contribution in [0.5, 0.6) is 5.75 Å². The number of nitriles is 1. The maximum Gasteiger partial charge on any atom is 0.253 e. The van der Waals surface area contributed by atoms with Crippen molar-refractivity contribution >= 4 is 17.5 Å². The molecule has 2 heterocycles. The van der Waals surface area contributed by atoms with Gasteiger partial charge >= 0.3 is 0 Å². The zero-order chi connectivity index (χ0) is 20.1. The average Bonchev–Trinajstić information content (AvgIpc) is 2.69. The van der Waals surface area contributed by atoms with Crippen molar-refractivity contribution in [2.75, 3.05) is 0 Å². The molecule has 1 fully saturated rings. The molecule has 1 amide bonds. The smallest absolute Gasteiger partial charge is 0.253 e. The van der Waals surface area contributed by atoms with Gasteiger partial charge in [0.15, 0.2) is 5.69 Å². The van der Waals surface area contributed by atoms with Crippen LogP contribution >= 0.6 is 11.6 Å². The molecule has 0 spiro atoms. The topological polar surface area (TPSA) is 87.9 Å². The molecule has 2 aromatic heterocycles. The molecule has 0 bridgehead atoms. The molecule has 146 valence electrons. The van der Waals surface area contributed by atoms with Crippen molar-refractivity contribution in [3.05, 3.63) is 52.6 Å². The van der Waals surface area contributed by atoms with E-state index in [2.05, 4.69) is 29.1 Å². The number of nitrogens with one attached hydrogen (secondary N) is 1. The lowest BCUT2D eigenvalue weighted by Crippen LogP contribution is -2.39. The number of hydrogen-bond acceptors (Lipinski definition) is 5. The van der Waals surface area contributed by atoms with E-state index in [1.165, 1.54) is 6.20 Å². The zero-order valence-corrected chi connectivity index (χ0v) is 16.7. The van der Waals surface area contributed by atoms with Crippen molar-refractivity contribution in [3.8, 4) is 11.8 Å². The van der Waals surface area contributed by atoms with Gasteiger partial charge in [-0.3, -0.25) is 9.78 Å². The molecule has 0 saturated heterocycles. The number of carbonyl (C=O) groups excluding carboxylic acids is 1. The third-order valence-corrected chi connectivity index (χ3v) is 5.16. The summed E-state index contributed by atoms with van der Waals surface area (Å²) in [5.74, 6) is 0.816. The van der Waals surface area contributed by atoms with Gasteiger partial charge in [-0.1, -0.05) is 25.4 Å². The summed E-state index contributed by atoms with van der Waals surface area (Å²) in [4.78, 5) is 20.8. The van der Waals surface area contributed by atoms with E-state index in [1.807, 2.05) is 18.2 Å². The van der Waals surface area contributed by atoms with Crippen LogP contribution in [0.2, 0.25) is 5.02 Å². The van der Waals surface area contributed by atoms with E-state index in [0.717, 1.165) is 31.4 Å². The maximum atomic E-state index is 12.4. The van der Waals surface area contributed by atoms with Crippen LogP contribution < -0.4 is 10.1 Å². The number of pyridine rings is 2. The summed E-state index contributed by atoms with van der Waals surface area (Å²) in [6.07, 6.45) is 6.54. The van der Waals surface area contributed by atoms with Crippen molar-refractivity contribution in [1.29, 1.82) is 5.26 Å². The van der Waals surface area contributed by atoms with Crippen molar-refractivity contribution in [2.45, 2.75) is 57.6 Å². The van der Waals surface area contributed by atoms with E-state index in [9.17, 15) is 4.79 Å². The first-order valence-electron chi connectivity index (χ1n) is 9.45. The van der Waals surface area contributed by atoms with Gasteiger partial charge in [-0.25, -0.2) is 4.98 Å². The molecule has 0 aromatic carbocycles. The summed E-state index contributed by atoms with van der Waals surface area (Å²) in [6, 6.07) is 7.40. The molecule has 6 nitrogen and oxygen atoms in total. The van der Waals surface area contributed by atoms with Crippen LogP contribution in [0.25, 0.3) is 0 Å². The molecule has 7 heteroatoms. The Morgan fingerprint density at radius 3 is 2.57 bits per heavy atom. The van der Waals surface area contributed by atoms with Gasteiger partial charge in [0.05, 0.1) is 22.9 Å². The molecule has 1 saturated carbocycles. The SMILES string of the molecule is CC(C)c1ccc(C(=O)NC2CCC(Oc3cnc(C#N)c(Cl)c3)CC2)cn1. The number of ether oxygens (including phenoxy) is 1. The number of rotatable bonds is 5. The van der Waals surface area contributed by atoms with Gasteiger partial charge in [0.2, 0.25) is 0 Å². The van der Waals surface area contributed by atoms with Gasteiger partial charge in [0, 0.05) is 24.0 Å². The summed E-state index contributed by atoms with van der Waals surface area (Å²) < 4.78 is 5.93. The van der Waals surface area contributed by atoms with E-state index >= 15 is 0 Å². The minimum atomic E-state index is -0.0877. The van der Waals surface area contributed by atoms with Gasteiger partial charge in [0.25, 0.3) is 5.91 Å². The Morgan fingerprint density at radius 2 is 2.00 bits per heavy atom. The summed E-state index contributed by atoms with van der Waals surface area (Å²) in [6.45, 7) is 4.15. The van der Waals surface area contributed by atoms with Crippen molar-refractivity contribution in [3.63, 3.8) is 0 Å². The molecule has 1 aliphatic carbocycles. The predicted molar refractivity (Wildman–Crippen MR) is 106 cm³/mol. The molecule has 0 aliphatic heterocycles. The van der Waals surface area contributed by atoms with Crippen LogP contribution in [0.1, 0.15) is 67.2 Å². The summed E-state index contributed by atoms with van der Waals surface area (Å²) >= 11 is 6.00. The number of amides is 1. The molecule has 3 rings (SSSR count). The highest BCUT2D eigenvalue weighted by molar-refractivity contribution is 6.31. The van der Waals surface area contributed by atoms with Crippen LogP contribution in [-0.2, 0) is 0 Å². The quantitative estimate of drug-likeness (QED) is 0.813. The number of hydrogen-bond donors (Lipinski definition) is 1. The molecule has 0 unspecified atom stereocenters. The predicted octanol–water partition coefficient (Wildman–Crippen LogP) is 4.25. The molecule has 0 atom stereocenters. The highest BCUT2D eigenvalue weighted by atomic mass is 35.5. The van der Waals surface area contributed by atoms with Crippen molar-refractivity contribution < 1.29 is 9.53 Å². The van der Waals surface area contributed by atoms with Crippen LogP contribution in [0.3, 0.4) is 0 Å². The number of carbonyl (C=O) groups is 1. The third-order valence-electron chi connectivity index (χ3n) is 4.87. The standard InChI is InChI=1S/C21H23ClN4O2/c1-13(2)19-8-3-14(11-24-19)21(27)26-15-4-6-16(7-5-15)28-17-9-18(22)20(10-23)25-12-17/h3,8-9,11-13,15-16H,4-7H2,1-2H3,(H,26,27). The third kappa shape index (κ3) is 4.99. The normalized spacial score (nSPS) is 19.1. The summed E-state index contributed by atoms with van der Waals surface area (Å²) in [5, 5.41) is 12.3. The second-order valence-corrected chi connectivity index (χ2v) is 7.71. The van der Waals surface area contributed by atoms with Gasteiger partial charge in [-0.05, 0) is 43.7 Å². The Hall–Kier alpha value is -2.65. The summed E-state index contributed by atoms with van der Waals surface area (Å²) in [5.41, 5.74) is 1.75. The monoisotopic (exact) mass is 398 g/mol. The Kier molecular flexibility index (Phi) is 6.48. The first-order valence-corrected chi connectivity index (χ1v) is 9.83. The van der Waals surface area contributed by atoms with E-state index < -0.39 is 0 Å². The lowest BCUT2D eigenvalue weighted by Gasteiger charge is -2.29. The number of halogens is 1. The fraction of sp³-hybridized carbons (Fsp3) is 0.429. The first-order chi connectivity index (χ1) is 13.5. The Morgan fingerprint density at radius 1 is 1.25 bits per heavy atom. The largest absolute Gasteiger partial charge is 0.489 e. The Balaban J connectivity index is 1.49. The van der Waals surface area contributed by atoms with Gasteiger partial charge in [-0.15, -0.1) is 0 Å². The highest BCUT2D eigenvalue weighted by Crippen LogP contribution is 2.26. The molecule has 2 aromatic rings. The molecular formula is C21H23ClN4O2. The molecular weight excluding hydrogens is 376 g/mol. The lowest BCUT2D eigenvalue weighted by atomic mass is 9.92. The fourth-order valence-corrected chi connectivity index (χ4v) is 3.43. The van der Waals surface area contributed by atoms with Gasteiger partial charge in [0.1, 0.15) is 11.8 Å². The Bertz CT molecular complexity index is 869. The van der Waals surface area contributed by atoms with E-state index in [1.54, 1.807) is 12.3 Å². The second kappa shape index (κ2) is 9.03. The number of nitrogens with zero attached hydrogens (tertiary/aromatic N) is 3. The second-order valence-electron chi connectivity index (χ2n) is 7.30. The maximum absolute atomic E-state index is 12.4. The molecule has 0 radical (unpaired) electrons. The lowest BCUT2D eigenvalue weighted by molar-refractivity contribution is 0.0893. The van der Waals surface area contributed by atoms with Crippen LogP contribution in [0.4, 0.5) is 0 Å². The van der Waals surface area contributed by atoms with Gasteiger partial charge in [-0.2, -0.15) is 5.26 Å². The molecule has 1 N–H and O–H groups in total. The minimum Gasteiger partial charge on any atom is -0.489 e. The fourth-order valence-electron chi connectivity index (χ4n) is 3.23. The van der Waals surface area contributed by atoms with Crippen LogP contribution in [0, 0.1) is 11.3 Å². The van der Waals surface area contributed by atoms with Gasteiger partial charge < -0.3 is 10.1 Å². The van der Waals surface area contributed by atoms with Crippen LogP contribution in [0.15, 0.2) is 30.6 Å². The number of aromatic nitrogens is 2. The molecule has 28 heavy (non-hydrogen) atoms. The van der Waals surface area contributed by atoms with E-state index in [-0.39, 0.29) is 28.8 Å². The van der Waals surface area contributed by atoms with E-state index in [0.29, 0.717) is 17.2 Å². The molecule has 1 aliphatic rings. The summed E-state index contributed by atoms with van der Waals surface area (Å²) in [7, 11) is 0. The Labute approximate surface area is 169 Å². The average molecular weight is 399 g/mol.